The molecule has 4 aliphatic rings. The monoisotopic (exact) mass is 557 g/mol. The maximum Gasteiger partial charge on any atom is 0.120 e. The van der Waals surface area contributed by atoms with Crippen LogP contribution in [0.2, 0.25) is 0 Å². The molecule has 0 aliphatic heterocycles. The predicted molar refractivity (Wildman–Crippen MR) is 146 cm³/mol. The zero-order chi connectivity index (χ0) is 29.0. The molecule has 0 spiro atoms. The smallest absolute Gasteiger partial charge is 0.120 e. The minimum Gasteiger partial charge on any atom is -0.393 e. The van der Waals surface area contributed by atoms with Crippen LogP contribution in [0, 0.1) is 52.8 Å². The summed E-state index contributed by atoms with van der Waals surface area (Å²) in [6, 6.07) is -0.000521. The molecule has 0 amide bonds. The molecular formula is C30H55NO8. The molecule has 4 saturated carbocycles. The SMILES string of the molecule is CONC(C)C1CC(CCCC(C)(C)C)C(O)C2C(O)C3C(O)[C@]4(O)C(O)C(C(C)O)C(O)C[C@@H]4C[C@@H]3CC12. The Hall–Kier alpha value is -0.360. The average Bonchev–Trinajstić information content (AvgIpc) is 2.81. The summed E-state index contributed by atoms with van der Waals surface area (Å²) in [5, 5.41) is 79.2. The van der Waals surface area contributed by atoms with Crippen molar-refractivity contribution in [2.75, 3.05) is 7.11 Å². The van der Waals surface area contributed by atoms with Gasteiger partial charge in [-0.25, -0.2) is 0 Å². The van der Waals surface area contributed by atoms with Crippen molar-refractivity contribution in [2.45, 2.75) is 128 Å². The first-order valence-corrected chi connectivity index (χ1v) is 15.2. The van der Waals surface area contributed by atoms with E-state index < -0.39 is 65.9 Å². The summed E-state index contributed by atoms with van der Waals surface area (Å²) in [6.07, 6.45) is -1.89. The molecule has 8 N–H and O–H groups in total. The Morgan fingerprint density at radius 2 is 1.59 bits per heavy atom. The van der Waals surface area contributed by atoms with Crippen LogP contribution in [0.1, 0.15) is 79.6 Å². The van der Waals surface area contributed by atoms with Gasteiger partial charge in [-0.15, -0.1) is 0 Å². The summed E-state index contributed by atoms with van der Waals surface area (Å²) in [4.78, 5) is 5.29. The van der Waals surface area contributed by atoms with Crippen LogP contribution in [0.4, 0.5) is 0 Å². The molecule has 0 aromatic carbocycles. The molecule has 0 radical (unpaired) electrons. The molecule has 39 heavy (non-hydrogen) atoms. The molecule has 4 rings (SSSR count). The van der Waals surface area contributed by atoms with Gasteiger partial charge in [-0.2, -0.15) is 5.48 Å². The van der Waals surface area contributed by atoms with E-state index in [1.54, 1.807) is 7.11 Å². The Labute approximate surface area is 233 Å². The lowest BCUT2D eigenvalue weighted by molar-refractivity contribution is -0.296. The van der Waals surface area contributed by atoms with E-state index in [4.69, 9.17) is 4.84 Å². The van der Waals surface area contributed by atoms with Crippen LogP contribution in [-0.2, 0) is 4.84 Å². The lowest BCUT2D eigenvalue weighted by Gasteiger charge is -2.63. The van der Waals surface area contributed by atoms with Gasteiger partial charge in [0.2, 0.25) is 0 Å². The number of aliphatic hydroxyl groups is 7. The number of rotatable bonds is 7. The first-order chi connectivity index (χ1) is 18.1. The lowest BCUT2D eigenvalue weighted by Crippen LogP contribution is -2.74. The first kappa shape index (κ1) is 31.6. The molecule has 4 aliphatic carbocycles. The Balaban J connectivity index is 1.63. The van der Waals surface area contributed by atoms with Gasteiger partial charge < -0.3 is 40.6 Å². The fraction of sp³-hybridized carbons (Fsp3) is 1.00. The summed E-state index contributed by atoms with van der Waals surface area (Å²) < 4.78 is 0. The fourth-order valence-corrected chi connectivity index (χ4v) is 9.43. The van der Waals surface area contributed by atoms with E-state index in [2.05, 4.69) is 33.2 Å². The van der Waals surface area contributed by atoms with E-state index >= 15 is 0 Å². The third-order valence-corrected chi connectivity index (χ3v) is 11.3. The lowest BCUT2D eigenvalue weighted by atomic mass is 9.46. The van der Waals surface area contributed by atoms with Crippen molar-refractivity contribution in [1.82, 2.24) is 5.48 Å². The topological polar surface area (TPSA) is 163 Å². The van der Waals surface area contributed by atoms with Gasteiger partial charge in [-0.3, -0.25) is 0 Å². The second kappa shape index (κ2) is 11.7. The van der Waals surface area contributed by atoms with Gasteiger partial charge in [0.1, 0.15) is 5.60 Å². The van der Waals surface area contributed by atoms with Crippen LogP contribution >= 0.6 is 0 Å². The Bertz CT molecular complexity index is 821. The van der Waals surface area contributed by atoms with Crippen molar-refractivity contribution >= 4 is 0 Å². The maximum absolute atomic E-state index is 11.9. The van der Waals surface area contributed by atoms with Gasteiger partial charge >= 0.3 is 0 Å². The van der Waals surface area contributed by atoms with Gasteiger partial charge in [-0.1, -0.05) is 27.2 Å². The highest BCUT2D eigenvalue weighted by atomic mass is 16.6. The van der Waals surface area contributed by atoms with Gasteiger partial charge in [0.05, 0.1) is 43.7 Å². The normalized spacial score (nSPS) is 49.9. The quantitative estimate of drug-likeness (QED) is 0.215. The molecule has 0 bridgehead atoms. The zero-order valence-electron chi connectivity index (χ0n) is 24.6. The van der Waals surface area contributed by atoms with E-state index in [0.29, 0.717) is 12.8 Å². The molecule has 0 saturated heterocycles. The van der Waals surface area contributed by atoms with Crippen LogP contribution < -0.4 is 5.48 Å². The predicted octanol–water partition coefficient (Wildman–Crippen LogP) is 1.20. The van der Waals surface area contributed by atoms with Crippen LogP contribution in [0.25, 0.3) is 0 Å². The number of hydroxylamine groups is 1. The summed E-state index contributed by atoms with van der Waals surface area (Å²) in [6.45, 7) is 10.2. The average molecular weight is 558 g/mol. The minimum atomic E-state index is -1.95. The molecule has 4 fully saturated rings. The molecule has 13 unspecified atom stereocenters. The van der Waals surface area contributed by atoms with Crippen LogP contribution in [0.15, 0.2) is 0 Å². The molecule has 0 aromatic heterocycles. The number of hydrogen-bond donors (Lipinski definition) is 8. The Morgan fingerprint density at radius 1 is 0.923 bits per heavy atom. The van der Waals surface area contributed by atoms with Crippen molar-refractivity contribution in [3.05, 3.63) is 0 Å². The van der Waals surface area contributed by atoms with E-state index in [0.717, 1.165) is 25.7 Å². The number of hydrogen-bond acceptors (Lipinski definition) is 9. The second-order valence-corrected chi connectivity index (χ2v) is 14.8. The minimum absolute atomic E-state index is 0.000521. The molecule has 9 nitrogen and oxygen atoms in total. The highest BCUT2D eigenvalue weighted by molar-refractivity contribution is 5.16. The molecular weight excluding hydrogens is 502 g/mol. The van der Waals surface area contributed by atoms with Crippen molar-refractivity contribution in [3.63, 3.8) is 0 Å². The third-order valence-electron chi connectivity index (χ3n) is 11.3. The van der Waals surface area contributed by atoms with Gasteiger partial charge in [-0.05, 0) is 87.4 Å². The standard InChI is InChI=1S/C30H55NO8/c1-14(31-39-6)19-11-16(8-7-9-29(3,4)5)25(34)24-20(19)12-17-10-18-13-21(33)22(15(2)32)27(36)30(18,38)28(37)23(17)26(24)35/h14-28,31-38H,7-13H2,1-6H3/t14?,15?,16?,17-,18+,19?,20?,21?,22?,23?,24?,25?,26?,27?,28?,30-/m1/s1. The zero-order valence-corrected chi connectivity index (χ0v) is 24.6. The van der Waals surface area contributed by atoms with Crippen LogP contribution in [0.5, 0.6) is 0 Å². The molecule has 0 heterocycles. The van der Waals surface area contributed by atoms with Gasteiger partial charge in [0.15, 0.2) is 0 Å². The summed E-state index contributed by atoms with van der Waals surface area (Å²) in [7, 11) is 1.59. The van der Waals surface area contributed by atoms with Gasteiger partial charge in [0.25, 0.3) is 0 Å². The van der Waals surface area contributed by atoms with Crippen LogP contribution in [-0.4, -0.2) is 91.1 Å². The highest BCUT2D eigenvalue weighted by Crippen LogP contribution is 2.59. The molecule has 16 atom stereocenters. The fourth-order valence-electron chi connectivity index (χ4n) is 9.43. The largest absolute Gasteiger partial charge is 0.393 e. The van der Waals surface area contributed by atoms with Crippen molar-refractivity contribution in [2.24, 2.45) is 52.8 Å². The van der Waals surface area contributed by atoms with E-state index in [1.807, 2.05) is 0 Å². The summed E-state index contributed by atoms with van der Waals surface area (Å²) in [5.41, 5.74) is 1.34. The second-order valence-electron chi connectivity index (χ2n) is 14.8. The van der Waals surface area contributed by atoms with E-state index in [1.165, 1.54) is 6.92 Å². The Kier molecular flexibility index (Phi) is 9.49. The van der Waals surface area contributed by atoms with E-state index in [9.17, 15) is 35.7 Å². The van der Waals surface area contributed by atoms with Crippen molar-refractivity contribution in [3.8, 4) is 0 Å². The first-order valence-electron chi connectivity index (χ1n) is 15.2. The molecule has 228 valence electrons. The third kappa shape index (κ3) is 5.69. The highest BCUT2D eigenvalue weighted by Gasteiger charge is 2.67. The molecule has 9 heteroatoms. The number of nitrogens with one attached hydrogen (secondary N) is 1. The summed E-state index contributed by atoms with van der Waals surface area (Å²) >= 11 is 0. The Morgan fingerprint density at radius 3 is 2.18 bits per heavy atom. The van der Waals surface area contributed by atoms with Crippen LogP contribution in [0.3, 0.4) is 0 Å². The van der Waals surface area contributed by atoms with Gasteiger partial charge in [0, 0.05) is 23.8 Å². The summed E-state index contributed by atoms with van der Waals surface area (Å²) in [5.74, 6) is -2.75. The van der Waals surface area contributed by atoms with E-state index in [-0.39, 0.29) is 41.5 Å². The number of aliphatic hydroxyl groups excluding tert-OH is 6. The molecule has 0 aromatic rings. The van der Waals surface area contributed by atoms with Crippen molar-refractivity contribution < 1.29 is 40.6 Å². The van der Waals surface area contributed by atoms with Crippen molar-refractivity contribution in [1.29, 1.82) is 0 Å². The maximum atomic E-state index is 11.9. The number of fused-ring (bicyclic) bond motifs is 3.